The number of phenols is 1. The molecule has 2 saturated carbocycles. The van der Waals surface area contributed by atoms with Gasteiger partial charge in [0.2, 0.25) is 0 Å². The molecule has 0 aromatic heterocycles. The van der Waals surface area contributed by atoms with Crippen LogP contribution in [0.15, 0.2) is 12.1 Å². The van der Waals surface area contributed by atoms with Crippen molar-refractivity contribution in [3.63, 3.8) is 0 Å². The predicted octanol–water partition coefficient (Wildman–Crippen LogP) is 3.31. The summed E-state index contributed by atoms with van der Waals surface area (Å²) in [6, 6.07) is 4.56. The van der Waals surface area contributed by atoms with Crippen LogP contribution in [0.25, 0.3) is 0 Å². The maximum Gasteiger partial charge on any atom is 0.252 e. The summed E-state index contributed by atoms with van der Waals surface area (Å²) in [5, 5.41) is 11.1. The summed E-state index contributed by atoms with van der Waals surface area (Å²) in [5.74, 6) is 0.473. The van der Waals surface area contributed by atoms with Crippen molar-refractivity contribution < 1.29 is 14.7 Å². The van der Waals surface area contributed by atoms with E-state index in [0.717, 1.165) is 42.9 Å². The van der Waals surface area contributed by atoms with Gasteiger partial charge in [-0.3, -0.25) is 14.5 Å². The van der Waals surface area contributed by atoms with Crippen LogP contribution in [-0.4, -0.2) is 40.3 Å². The molecule has 3 fully saturated rings. The molecule has 5 rings (SSSR count). The van der Waals surface area contributed by atoms with Crippen LogP contribution >= 0.6 is 0 Å². The fourth-order valence-electron chi connectivity index (χ4n) is 7.23. The number of aromatic hydroxyl groups is 1. The number of ketones is 1. The van der Waals surface area contributed by atoms with Gasteiger partial charge in [-0.1, -0.05) is 19.4 Å². The van der Waals surface area contributed by atoms with Crippen molar-refractivity contribution in [1.82, 2.24) is 4.90 Å². The Morgan fingerprint density at radius 1 is 1.31 bits per heavy atom. The van der Waals surface area contributed by atoms with E-state index in [1.54, 1.807) is 6.07 Å². The third-order valence-electron chi connectivity index (χ3n) is 9.22. The lowest BCUT2D eigenvalue weighted by Gasteiger charge is -2.66. The molecule has 1 aromatic rings. The first kappa shape index (κ1) is 19.1. The zero-order chi connectivity index (χ0) is 20.6. The van der Waals surface area contributed by atoms with Gasteiger partial charge in [0.1, 0.15) is 11.5 Å². The lowest BCUT2D eigenvalue weighted by molar-refractivity contribution is -0.141. The molecule has 3 N–H and O–H groups in total. The standard InChI is InChI=1S/C24H32N2O3/c1-14(15-4-3-5-15)26-11-10-24-13-17(27)8-9-23(24,2)19(26)12-16-6-7-18(22(25)29)21(28)20(16)24/h6-7,14-15,19,28H,3-5,8-13H2,1-2H3,(H2,25,29)/t14-,19?,23+,24?/m1/s1. The third kappa shape index (κ3) is 2.43. The van der Waals surface area contributed by atoms with Crippen molar-refractivity contribution in [2.75, 3.05) is 6.54 Å². The van der Waals surface area contributed by atoms with E-state index in [4.69, 9.17) is 5.73 Å². The molecule has 3 aliphatic carbocycles. The molecule has 5 heteroatoms. The van der Waals surface area contributed by atoms with Gasteiger partial charge in [0.05, 0.1) is 5.56 Å². The highest BCUT2D eigenvalue weighted by Crippen LogP contribution is 2.64. The molecular weight excluding hydrogens is 364 g/mol. The lowest BCUT2D eigenvalue weighted by atomic mass is 9.44. The van der Waals surface area contributed by atoms with E-state index in [0.29, 0.717) is 24.9 Å². The molecule has 4 aliphatic rings. The number of carbonyl (C=O) groups is 2. The minimum absolute atomic E-state index is 0.0230. The molecule has 1 amide bonds. The number of amides is 1. The Morgan fingerprint density at radius 2 is 2.07 bits per heavy atom. The number of nitrogens with zero attached hydrogens (tertiary/aromatic N) is 1. The van der Waals surface area contributed by atoms with Crippen molar-refractivity contribution >= 4 is 11.7 Å². The molecule has 29 heavy (non-hydrogen) atoms. The summed E-state index contributed by atoms with van der Waals surface area (Å²) in [5.41, 5.74) is 7.18. The summed E-state index contributed by atoms with van der Waals surface area (Å²) in [7, 11) is 0. The Labute approximate surface area is 172 Å². The van der Waals surface area contributed by atoms with E-state index in [1.165, 1.54) is 19.3 Å². The Morgan fingerprint density at radius 3 is 2.72 bits per heavy atom. The minimum Gasteiger partial charge on any atom is -0.507 e. The van der Waals surface area contributed by atoms with Gasteiger partial charge in [-0.15, -0.1) is 0 Å². The number of benzene rings is 1. The maximum absolute atomic E-state index is 12.7. The molecule has 1 saturated heterocycles. The molecule has 0 radical (unpaired) electrons. The number of carbonyl (C=O) groups excluding carboxylic acids is 2. The third-order valence-corrected chi connectivity index (χ3v) is 9.22. The lowest BCUT2D eigenvalue weighted by Crippen LogP contribution is -2.69. The van der Waals surface area contributed by atoms with E-state index < -0.39 is 11.3 Å². The average molecular weight is 397 g/mol. The van der Waals surface area contributed by atoms with Crippen LogP contribution in [0.1, 0.15) is 80.3 Å². The molecule has 0 spiro atoms. The molecular formula is C24H32N2O3. The molecule has 5 nitrogen and oxygen atoms in total. The molecule has 156 valence electrons. The van der Waals surface area contributed by atoms with E-state index in [9.17, 15) is 14.7 Å². The summed E-state index contributed by atoms with van der Waals surface area (Å²) in [4.78, 5) is 27.3. The Bertz CT molecular complexity index is 892. The van der Waals surface area contributed by atoms with Gasteiger partial charge in [0.25, 0.3) is 5.91 Å². The van der Waals surface area contributed by atoms with Crippen LogP contribution in [0.3, 0.4) is 0 Å². The molecule has 2 bridgehead atoms. The van der Waals surface area contributed by atoms with Crippen LogP contribution in [0.2, 0.25) is 0 Å². The van der Waals surface area contributed by atoms with Gasteiger partial charge in [-0.05, 0) is 68.5 Å². The van der Waals surface area contributed by atoms with Crippen LogP contribution in [0, 0.1) is 11.3 Å². The highest BCUT2D eigenvalue weighted by Gasteiger charge is 2.64. The summed E-state index contributed by atoms with van der Waals surface area (Å²) >= 11 is 0. The van der Waals surface area contributed by atoms with Gasteiger partial charge in [0, 0.05) is 35.9 Å². The second-order valence-electron chi connectivity index (χ2n) is 10.2. The van der Waals surface area contributed by atoms with Crippen molar-refractivity contribution in [1.29, 1.82) is 0 Å². The zero-order valence-electron chi connectivity index (χ0n) is 17.5. The van der Waals surface area contributed by atoms with Gasteiger partial charge in [-0.25, -0.2) is 0 Å². The second-order valence-corrected chi connectivity index (χ2v) is 10.2. The number of hydrogen-bond acceptors (Lipinski definition) is 4. The van der Waals surface area contributed by atoms with Gasteiger partial charge >= 0.3 is 0 Å². The van der Waals surface area contributed by atoms with Gasteiger partial charge in [-0.2, -0.15) is 0 Å². The number of nitrogens with two attached hydrogens (primary N) is 1. The second kappa shape index (κ2) is 6.31. The highest BCUT2D eigenvalue weighted by molar-refractivity contribution is 5.96. The van der Waals surface area contributed by atoms with Crippen molar-refractivity contribution in [3.05, 3.63) is 28.8 Å². The van der Waals surface area contributed by atoms with Crippen LogP contribution < -0.4 is 5.73 Å². The smallest absolute Gasteiger partial charge is 0.252 e. The molecule has 1 aliphatic heterocycles. The average Bonchev–Trinajstić information content (AvgIpc) is 2.60. The predicted molar refractivity (Wildman–Crippen MR) is 111 cm³/mol. The molecule has 4 atom stereocenters. The van der Waals surface area contributed by atoms with Crippen molar-refractivity contribution in [2.45, 2.75) is 82.7 Å². The monoisotopic (exact) mass is 396 g/mol. The Balaban J connectivity index is 1.67. The van der Waals surface area contributed by atoms with E-state index >= 15 is 0 Å². The van der Waals surface area contributed by atoms with Crippen LogP contribution in [0.5, 0.6) is 5.75 Å². The number of likely N-dealkylation sites (tertiary alicyclic amines) is 1. The molecule has 2 unspecified atom stereocenters. The normalized spacial score (nSPS) is 35.4. The maximum atomic E-state index is 12.7. The van der Waals surface area contributed by atoms with Crippen LogP contribution in [-0.2, 0) is 16.6 Å². The SMILES string of the molecule is C[C@H](C1CCC1)N1CCC23CC(=O)CC[C@@]2(C)C1Cc1ccc(C(N)=O)c(O)c13. The molecule has 1 heterocycles. The zero-order valence-corrected chi connectivity index (χ0v) is 17.5. The summed E-state index contributed by atoms with van der Waals surface area (Å²) < 4.78 is 0. The number of piperidine rings is 1. The Hall–Kier alpha value is -1.88. The van der Waals surface area contributed by atoms with Crippen LogP contribution in [0.4, 0.5) is 0 Å². The largest absolute Gasteiger partial charge is 0.507 e. The van der Waals surface area contributed by atoms with Gasteiger partial charge < -0.3 is 10.8 Å². The molecule has 1 aromatic carbocycles. The summed E-state index contributed by atoms with van der Waals surface area (Å²) in [6.45, 7) is 5.67. The van der Waals surface area contributed by atoms with E-state index in [1.807, 2.05) is 6.07 Å². The number of Topliss-reactive ketones (excluding diaryl/α,β-unsaturated/α-hetero) is 1. The van der Waals surface area contributed by atoms with E-state index in [-0.39, 0.29) is 22.5 Å². The quantitative estimate of drug-likeness (QED) is 0.821. The topological polar surface area (TPSA) is 83.6 Å². The van der Waals surface area contributed by atoms with E-state index in [2.05, 4.69) is 18.7 Å². The summed E-state index contributed by atoms with van der Waals surface area (Å²) in [6.07, 6.45) is 7.64. The van der Waals surface area contributed by atoms with Crippen molar-refractivity contribution in [2.24, 2.45) is 17.1 Å². The number of fused-ring (bicyclic) bond motifs is 1. The fraction of sp³-hybridized carbons (Fsp3) is 0.667. The van der Waals surface area contributed by atoms with Gasteiger partial charge in [0.15, 0.2) is 0 Å². The minimum atomic E-state index is -0.608. The first-order chi connectivity index (χ1) is 13.8. The number of rotatable bonds is 3. The first-order valence-corrected chi connectivity index (χ1v) is 11.2. The first-order valence-electron chi connectivity index (χ1n) is 11.2. The number of primary amides is 1. The van der Waals surface area contributed by atoms with Crippen molar-refractivity contribution in [3.8, 4) is 5.75 Å². The number of hydrogen-bond donors (Lipinski definition) is 2. The highest BCUT2D eigenvalue weighted by atomic mass is 16.3. The Kier molecular flexibility index (Phi) is 4.16. The fourth-order valence-corrected chi connectivity index (χ4v) is 7.23.